The molecule has 2 aliphatic rings. The average molecular weight is 624 g/mol. The Balaban J connectivity index is 1.24. The van der Waals surface area contributed by atoms with Crippen LogP contribution in [0.25, 0.3) is 42.3 Å². The summed E-state index contributed by atoms with van der Waals surface area (Å²) in [5, 5.41) is 5.72. The molecule has 3 aromatic carbocycles. The molecular formula is C36H37N3O5S. The molecule has 0 unspecified atom stereocenters. The number of ether oxygens (including phenoxy) is 1. The minimum atomic E-state index is -0.910. The first-order valence-electron chi connectivity index (χ1n) is 15.6. The fraction of sp³-hybridized carbons (Fsp3) is 0.361. The van der Waals surface area contributed by atoms with Crippen LogP contribution < -0.4 is 15.6 Å². The van der Waals surface area contributed by atoms with Gasteiger partial charge in [0.05, 0.1) is 5.39 Å². The van der Waals surface area contributed by atoms with Crippen molar-refractivity contribution >= 4 is 66.1 Å². The zero-order valence-corrected chi connectivity index (χ0v) is 26.9. The van der Waals surface area contributed by atoms with Gasteiger partial charge in [-0.25, -0.2) is 4.79 Å². The molecule has 3 heterocycles. The quantitative estimate of drug-likeness (QED) is 0.212. The Morgan fingerprint density at radius 2 is 1.64 bits per heavy atom. The highest BCUT2D eigenvalue weighted by Crippen LogP contribution is 2.45. The van der Waals surface area contributed by atoms with E-state index in [1.165, 1.54) is 11.3 Å². The summed E-state index contributed by atoms with van der Waals surface area (Å²) in [6.45, 7) is 7.22. The van der Waals surface area contributed by atoms with Crippen LogP contribution in [0.5, 0.6) is 0 Å². The van der Waals surface area contributed by atoms with Gasteiger partial charge in [0.15, 0.2) is 11.3 Å². The van der Waals surface area contributed by atoms with Gasteiger partial charge in [-0.2, -0.15) is 0 Å². The lowest BCUT2D eigenvalue weighted by Crippen LogP contribution is -2.49. The standard InChI is InChI=1S/C36H37N3O5S/c1-35(2,3)44-34(42)38(4)36(16-17-36)33(41)37-22-14-15-29-27(20-22)25-12-9-11-24(32(25)45-29)23-10-8-13-26-28(40)21-30(43-31(23)26)39-18-6-5-7-19-39/h8-15,20-21H,5-7,16-19H2,1-4H3,(H,37,41). The summed E-state index contributed by atoms with van der Waals surface area (Å²) >= 11 is 1.68. The molecule has 0 radical (unpaired) electrons. The number of anilines is 2. The van der Waals surface area contributed by atoms with Crippen LogP contribution in [-0.2, 0) is 9.53 Å². The number of nitrogens with zero attached hydrogens (tertiary/aromatic N) is 2. The Kier molecular flexibility index (Phi) is 7.11. The van der Waals surface area contributed by atoms with Crippen LogP contribution in [0.3, 0.4) is 0 Å². The molecule has 1 aliphatic carbocycles. The minimum absolute atomic E-state index is 0.0340. The third-order valence-corrected chi connectivity index (χ3v) is 10.1. The van der Waals surface area contributed by atoms with E-state index in [1.807, 2.05) is 63.2 Å². The molecule has 0 spiro atoms. The number of piperidine rings is 1. The molecule has 8 nitrogen and oxygen atoms in total. The Morgan fingerprint density at radius 3 is 2.36 bits per heavy atom. The number of carbonyl (C=O) groups excluding carboxylic acids is 2. The fourth-order valence-electron chi connectivity index (χ4n) is 6.32. The number of likely N-dealkylation sites (N-methyl/N-ethyl adjacent to an activating group) is 1. The zero-order valence-electron chi connectivity index (χ0n) is 26.1. The van der Waals surface area contributed by atoms with E-state index < -0.39 is 17.2 Å². The number of amides is 2. The number of benzene rings is 3. The van der Waals surface area contributed by atoms with E-state index in [4.69, 9.17) is 9.15 Å². The van der Waals surface area contributed by atoms with Crippen LogP contribution >= 0.6 is 11.3 Å². The summed E-state index contributed by atoms with van der Waals surface area (Å²) in [4.78, 5) is 43.0. The lowest BCUT2D eigenvalue weighted by Gasteiger charge is -2.30. The smallest absolute Gasteiger partial charge is 0.410 e. The predicted molar refractivity (Wildman–Crippen MR) is 181 cm³/mol. The SMILES string of the molecule is CN(C(=O)OC(C)(C)C)C1(C(=O)Nc2ccc3sc4c(-c5cccc6c(=O)cc(N7CCCCC7)oc56)cccc4c3c2)CC1. The Bertz CT molecular complexity index is 2030. The van der Waals surface area contributed by atoms with Crippen molar-refractivity contribution in [2.75, 3.05) is 30.4 Å². The van der Waals surface area contributed by atoms with Crippen molar-refractivity contribution in [1.29, 1.82) is 0 Å². The van der Waals surface area contributed by atoms with E-state index in [2.05, 4.69) is 22.3 Å². The van der Waals surface area contributed by atoms with E-state index in [1.54, 1.807) is 24.5 Å². The van der Waals surface area contributed by atoms with Gasteiger partial charge in [0.25, 0.3) is 0 Å². The summed E-state index contributed by atoms with van der Waals surface area (Å²) < 4.78 is 14.2. The molecule has 232 valence electrons. The first-order chi connectivity index (χ1) is 21.5. The topological polar surface area (TPSA) is 92.1 Å². The number of fused-ring (bicyclic) bond motifs is 4. The highest BCUT2D eigenvalue weighted by molar-refractivity contribution is 7.26. The first kappa shape index (κ1) is 29.3. The Hall–Kier alpha value is -4.37. The van der Waals surface area contributed by atoms with Crippen molar-refractivity contribution in [3.8, 4) is 11.1 Å². The Morgan fingerprint density at radius 1 is 0.933 bits per heavy atom. The third-order valence-electron chi connectivity index (χ3n) is 8.91. The lowest BCUT2D eigenvalue weighted by atomic mass is 10.0. The largest absolute Gasteiger partial charge is 0.444 e. The van der Waals surface area contributed by atoms with Crippen molar-refractivity contribution in [2.24, 2.45) is 0 Å². The molecule has 9 heteroatoms. The number of rotatable bonds is 5. The van der Waals surface area contributed by atoms with Gasteiger partial charge in [-0.15, -0.1) is 11.3 Å². The van der Waals surface area contributed by atoms with E-state index in [0.717, 1.165) is 57.2 Å². The van der Waals surface area contributed by atoms with Crippen molar-refractivity contribution in [1.82, 2.24) is 4.90 Å². The van der Waals surface area contributed by atoms with Crippen LogP contribution in [0.4, 0.5) is 16.4 Å². The van der Waals surface area contributed by atoms with E-state index in [-0.39, 0.29) is 11.3 Å². The van der Waals surface area contributed by atoms with Gasteiger partial charge in [-0.1, -0.05) is 30.3 Å². The second-order valence-corrected chi connectivity index (χ2v) is 14.3. The summed E-state index contributed by atoms with van der Waals surface area (Å²) in [7, 11) is 1.63. The number of para-hydroxylation sites is 1. The molecule has 1 saturated carbocycles. The third kappa shape index (κ3) is 5.33. The summed E-state index contributed by atoms with van der Waals surface area (Å²) in [5.41, 5.74) is 1.57. The molecule has 0 atom stereocenters. The molecule has 5 aromatic rings. The predicted octanol–water partition coefficient (Wildman–Crippen LogP) is 8.16. The van der Waals surface area contributed by atoms with Crippen LogP contribution in [0.2, 0.25) is 0 Å². The minimum Gasteiger partial charge on any atom is -0.444 e. The van der Waals surface area contributed by atoms with Crippen LogP contribution in [0, 0.1) is 0 Å². The van der Waals surface area contributed by atoms with Gasteiger partial charge in [-0.05, 0) is 77.1 Å². The van der Waals surface area contributed by atoms with Gasteiger partial charge in [-0.3, -0.25) is 14.5 Å². The molecule has 1 N–H and O–H groups in total. The van der Waals surface area contributed by atoms with E-state index in [0.29, 0.717) is 35.4 Å². The maximum Gasteiger partial charge on any atom is 0.410 e. The average Bonchev–Trinajstić information content (AvgIpc) is 3.75. The normalized spacial score (nSPS) is 16.2. The zero-order chi connectivity index (χ0) is 31.5. The summed E-state index contributed by atoms with van der Waals surface area (Å²) in [6.07, 6.45) is 4.05. The lowest BCUT2D eigenvalue weighted by molar-refractivity contribution is -0.122. The highest BCUT2D eigenvalue weighted by atomic mass is 32.1. The maximum absolute atomic E-state index is 13.5. The fourth-order valence-corrected chi connectivity index (χ4v) is 7.53. The highest BCUT2D eigenvalue weighted by Gasteiger charge is 2.56. The van der Waals surface area contributed by atoms with Crippen LogP contribution in [-0.4, -0.2) is 48.2 Å². The van der Waals surface area contributed by atoms with Crippen LogP contribution in [0.1, 0.15) is 52.9 Å². The van der Waals surface area contributed by atoms with Gasteiger partial charge in [0, 0.05) is 63.2 Å². The molecular weight excluding hydrogens is 586 g/mol. The van der Waals surface area contributed by atoms with Crippen molar-refractivity contribution in [2.45, 2.75) is 64.0 Å². The Labute approximate surface area is 265 Å². The number of thiophene rings is 1. The van der Waals surface area contributed by atoms with Crippen molar-refractivity contribution < 1.29 is 18.7 Å². The van der Waals surface area contributed by atoms with E-state index >= 15 is 0 Å². The molecule has 1 aliphatic heterocycles. The molecule has 2 fully saturated rings. The number of hydrogen-bond donors (Lipinski definition) is 1. The second kappa shape index (κ2) is 10.9. The van der Waals surface area contributed by atoms with Gasteiger partial charge in [0.1, 0.15) is 16.7 Å². The summed E-state index contributed by atoms with van der Waals surface area (Å²) in [6, 6.07) is 19.5. The van der Waals surface area contributed by atoms with Gasteiger partial charge < -0.3 is 19.4 Å². The van der Waals surface area contributed by atoms with Gasteiger partial charge in [0.2, 0.25) is 5.91 Å². The number of nitrogens with one attached hydrogen (secondary N) is 1. The number of carbonyl (C=O) groups is 2. The van der Waals surface area contributed by atoms with Crippen LogP contribution in [0.15, 0.2) is 69.9 Å². The number of hydrogen-bond acceptors (Lipinski definition) is 7. The molecule has 45 heavy (non-hydrogen) atoms. The molecule has 2 amide bonds. The van der Waals surface area contributed by atoms with Crippen molar-refractivity contribution in [3.63, 3.8) is 0 Å². The molecule has 0 bridgehead atoms. The molecule has 2 aromatic heterocycles. The summed E-state index contributed by atoms with van der Waals surface area (Å²) in [5.74, 6) is 0.417. The maximum atomic E-state index is 13.5. The molecule has 7 rings (SSSR count). The van der Waals surface area contributed by atoms with Gasteiger partial charge >= 0.3 is 6.09 Å². The molecule has 1 saturated heterocycles. The first-order valence-corrected chi connectivity index (χ1v) is 16.4. The second-order valence-electron chi connectivity index (χ2n) is 13.2. The van der Waals surface area contributed by atoms with Crippen molar-refractivity contribution in [3.05, 3.63) is 70.9 Å². The monoisotopic (exact) mass is 623 g/mol. The van der Waals surface area contributed by atoms with E-state index in [9.17, 15) is 14.4 Å².